The monoisotopic (exact) mass is 331 g/mol. The first-order valence-corrected chi connectivity index (χ1v) is 8.21. The van der Waals surface area contributed by atoms with Gasteiger partial charge in [0.25, 0.3) is 0 Å². The summed E-state index contributed by atoms with van der Waals surface area (Å²) in [5.74, 6) is 0.837. The minimum Gasteiger partial charge on any atom is -0.351 e. The van der Waals surface area contributed by atoms with Crippen molar-refractivity contribution in [1.29, 1.82) is 0 Å². The Morgan fingerprint density at radius 3 is 3.10 bits per heavy atom. The zero-order chi connectivity index (χ0) is 14.2. The van der Waals surface area contributed by atoms with E-state index in [2.05, 4.69) is 23.6 Å². The third-order valence-electron chi connectivity index (χ3n) is 4.40. The van der Waals surface area contributed by atoms with Gasteiger partial charge in [0.05, 0.1) is 4.87 Å². The predicted octanol–water partition coefficient (Wildman–Crippen LogP) is 0.898. The number of carbonyl (C=O) groups is 2. The summed E-state index contributed by atoms with van der Waals surface area (Å²) in [7, 11) is 0. The second-order valence-electron chi connectivity index (χ2n) is 5.80. The van der Waals surface area contributed by atoms with Gasteiger partial charge in [0.2, 0.25) is 11.8 Å². The highest BCUT2D eigenvalue weighted by Crippen LogP contribution is 2.47. The van der Waals surface area contributed by atoms with Gasteiger partial charge in [0, 0.05) is 25.3 Å². The number of fused-ring (bicyclic) bond motifs is 1. The summed E-state index contributed by atoms with van der Waals surface area (Å²) in [5, 5.41) is 6.26. The van der Waals surface area contributed by atoms with Crippen molar-refractivity contribution in [2.24, 2.45) is 0 Å². The van der Waals surface area contributed by atoms with Crippen LogP contribution in [0.4, 0.5) is 0 Å². The molecule has 2 saturated heterocycles. The highest BCUT2D eigenvalue weighted by atomic mass is 35.5. The quantitative estimate of drug-likeness (QED) is 0.754. The first-order chi connectivity index (χ1) is 9.60. The lowest BCUT2D eigenvalue weighted by Gasteiger charge is -2.30. The normalized spacial score (nSPS) is 31.5. The largest absolute Gasteiger partial charge is 0.351 e. The van der Waals surface area contributed by atoms with Crippen molar-refractivity contribution in [3.63, 3.8) is 0 Å². The summed E-state index contributed by atoms with van der Waals surface area (Å²) in [6, 6.07) is -0.290. The minimum absolute atomic E-state index is 0. The third-order valence-corrected chi connectivity index (χ3v) is 5.90. The van der Waals surface area contributed by atoms with E-state index >= 15 is 0 Å². The molecule has 2 N–H and O–H groups in total. The maximum atomic E-state index is 12.4. The molecule has 0 saturated carbocycles. The number of hydrogen-bond acceptors (Lipinski definition) is 4. The molecular weight excluding hydrogens is 310 g/mol. The van der Waals surface area contributed by atoms with Crippen molar-refractivity contribution < 1.29 is 9.59 Å². The number of nitrogens with zero attached hydrogens (tertiary/aromatic N) is 1. The van der Waals surface area contributed by atoms with Crippen molar-refractivity contribution in [1.82, 2.24) is 15.5 Å². The van der Waals surface area contributed by atoms with E-state index in [1.54, 1.807) is 11.8 Å². The van der Waals surface area contributed by atoms with Crippen LogP contribution in [0.2, 0.25) is 0 Å². The molecule has 0 radical (unpaired) electrons. The maximum absolute atomic E-state index is 12.4. The second-order valence-corrected chi connectivity index (χ2v) is 7.30. The average molecular weight is 332 g/mol. The van der Waals surface area contributed by atoms with Crippen molar-refractivity contribution in [2.75, 3.05) is 25.4 Å². The number of nitrogens with one attached hydrogen (secondary N) is 2. The van der Waals surface area contributed by atoms with E-state index in [0.29, 0.717) is 18.7 Å². The Hall–Kier alpha value is -0.720. The Morgan fingerprint density at radius 1 is 1.57 bits per heavy atom. The van der Waals surface area contributed by atoms with E-state index in [1.807, 2.05) is 4.90 Å². The number of carbonyl (C=O) groups excluding carboxylic acids is 2. The molecular formula is C14H22ClN3O2S. The zero-order valence-corrected chi connectivity index (χ0v) is 13.8. The van der Waals surface area contributed by atoms with Gasteiger partial charge in [-0.25, -0.2) is 0 Å². The van der Waals surface area contributed by atoms with Crippen LogP contribution in [0.15, 0.2) is 11.6 Å². The Balaban J connectivity index is 0.00000161. The van der Waals surface area contributed by atoms with Crippen LogP contribution in [-0.2, 0) is 9.59 Å². The van der Waals surface area contributed by atoms with Crippen LogP contribution in [0.25, 0.3) is 0 Å². The van der Waals surface area contributed by atoms with E-state index in [4.69, 9.17) is 0 Å². The van der Waals surface area contributed by atoms with Gasteiger partial charge in [-0.05, 0) is 26.3 Å². The summed E-state index contributed by atoms with van der Waals surface area (Å²) in [5.41, 5.74) is 1.28. The van der Waals surface area contributed by atoms with E-state index in [9.17, 15) is 9.59 Å². The van der Waals surface area contributed by atoms with E-state index in [-0.39, 0.29) is 35.1 Å². The topological polar surface area (TPSA) is 61.4 Å². The summed E-state index contributed by atoms with van der Waals surface area (Å²) in [6.45, 7) is 4.54. The Labute approximate surface area is 135 Å². The van der Waals surface area contributed by atoms with Crippen LogP contribution < -0.4 is 10.6 Å². The summed E-state index contributed by atoms with van der Waals surface area (Å²) >= 11 is 1.74. The van der Waals surface area contributed by atoms with Crippen LogP contribution in [0.1, 0.15) is 26.2 Å². The third kappa shape index (κ3) is 3.22. The Morgan fingerprint density at radius 2 is 2.38 bits per heavy atom. The van der Waals surface area contributed by atoms with Gasteiger partial charge in [0.15, 0.2) is 0 Å². The van der Waals surface area contributed by atoms with Gasteiger partial charge < -0.3 is 15.5 Å². The van der Waals surface area contributed by atoms with Gasteiger partial charge in [0.1, 0.15) is 6.04 Å². The van der Waals surface area contributed by atoms with E-state index in [0.717, 1.165) is 25.9 Å². The molecule has 3 heterocycles. The van der Waals surface area contributed by atoms with Gasteiger partial charge >= 0.3 is 0 Å². The zero-order valence-electron chi connectivity index (χ0n) is 12.2. The van der Waals surface area contributed by atoms with Gasteiger partial charge in [-0.3, -0.25) is 9.59 Å². The number of amides is 2. The van der Waals surface area contributed by atoms with Crippen LogP contribution >= 0.6 is 24.2 Å². The molecule has 118 valence electrons. The van der Waals surface area contributed by atoms with Crippen molar-refractivity contribution in [2.45, 2.75) is 37.1 Å². The standard InChI is InChI=1S/C14H21N3O2S.ClH/c1-14-5-2-12(18)17(14)11(9-20-14)13(19)16-8-10-3-6-15-7-4-10;/h3,11,15H,2,4-9H2,1H3,(H,16,19);1H. The van der Waals surface area contributed by atoms with Crippen LogP contribution in [0, 0.1) is 0 Å². The number of hydrogen-bond donors (Lipinski definition) is 2. The fourth-order valence-corrected chi connectivity index (χ4v) is 4.60. The average Bonchev–Trinajstić information content (AvgIpc) is 2.95. The molecule has 3 rings (SSSR count). The SMILES string of the molecule is CC12CCC(=O)N1C(C(=O)NCC1=CCNCC1)CS2.Cl. The molecule has 5 nitrogen and oxygen atoms in total. The summed E-state index contributed by atoms with van der Waals surface area (Å²) in [4.78, 5) is 26.0. The molecule has 0 aromatic carbocycles. The molecule has 2 fully saturated rings. The van der Waals surface area contributed by atoms with E-state index < -0.39 is 0 Å². The molecule has 2 atom stereocenters. The van der Waals surface area contributed by atoms with E-state index in [1.165, 1.54) is 5.57 Å². The van der Waals surface area contributed by atoms with Crippen molar-refractivity contribution in [3.8, 4) is 0 Å². The number of rotatable bonds is 3. The maximum Gasteiger partial charge on any atom is 0.243 e. The number of halogens is 1. The second kappa shape index (κ2) is 6.58. The summed E-state index contributed by atoms with van der Waals surface area (Å²) in [6.07, 6.45) is 4.56. The van der Waals surface area contributed by atoms with Crippen molar-refractivity contribution >= 4 is 36.0 Å². The van der Waals surface area contributed by atoms with Gasteiger partial charge in [-0.2, -0.15) is 0 Å². The smallest absolute Gasteiger partial charge is 0.243 e. The minimum atomic E-state index is -0.290. The highest BCUT2D eigenvalue weighted by Gasteiger charge is 2.52. The lowest BCUT2D eigenvalue weighted by molar-refractivity contribution is -0.137. The molecule has 0 aromatic rings. The highest BCUT2D eigenvalue weighted by molar-refractivity contribution is 8.01. The first-order valence-electron chi connectivity index (χ1n) is 7.23. The fourth-order valence-electron chi connectivity index (χ4n) is 3.16. The molecule has 2 amide bonds. The Kier molecular flexibility index (Phi) is 5.22. The molecule has 3 aliphatic rings. The molecule has 2 unspecified atom stereocenters. The lowest BCUT2D eigenvalue weighted by atomic mass is 10.1. The first kappa shape index (κ1) is 16.6. The predicted molar refractivity (Wildman–Crippen MR) is 86.6 cm³/mol. The molecule has 3 aliphatic heterocycles. The van der Waals surface area contributed by atoms with Gasteiger partial charge in [-0.1, -0.05) is 11.6 Å². The molecule has 0 bridgehead atoms. The fraction of sp³-hybridized carbons (Fsp3) is 0.714. The summed E-state index contributed by atoms with van der Waals surface area (Å²) < 4.78 is 0. The number of thioether (sulfide) groups is 1. The van der Waals surface area contributed by atoms with Crippen LogP contribution in [0.3, 0.4) is 0 Å². The molecule has 7 heteroatoms. The Bertz CT molecular complexity index is 471. The molecule has 21 heavy (non-hydrogen) atoms. The van der Waals surface area contributed by atoms with Crippen molar-refractivity contribution in [3.05, 3.63) is 11.6 Å². The van der Waals surface area contributed by atoms with Crippen LogP contribution in [0.5, 0.6) is 0 Å². The molecule has 0 spiro atoms. The molecule has 0 aliphatic carbocycles. The molecule has 0 aromatic heterocycles. The van der Waals surface area contributed by atoms with Gasteiger partial charge in [-0.15, -0.1) is 24.2 Å². The van der Waals surface area contributed by atoms with Crippen LogP contribution in [-0.4, -0.2) is 53.0 Å². The lowest BCUT2D eigenvalue weighted by Crippen LogP contribution is -2.50.